The lowest BCUT2D eigenvalue weighted by molar-refractivity contribution is -0.117. The smallest absolute Gasteiger partial charge is 0.294 e. The lowest BCUT2D eigenvalue weighted by Gasteiger charge is -2.27. The minimum absolute atomic E-state index is 0.0413. The van der Waals surface area contributed by atoms with E-state index in [0.29, 0.717) is 21.6 Å². The zero-order valence-electron chi connectivity index (χ0n) is 17.1. The van der Waals surface area contributed by atoms with E-state index in [-0.39, 0.29) is 22.0 Å². The second-order valence-corrected chi connectivity index (χ2v) is 9.37. The van der Waals surface area contributed by atoms with Crippen LogP contribution >= 0.6 is 39.1 Å². The lowest BCUT2D eigenvalue weighted by atomic mass is 9.94. The van der Waals surface area contributed by atoms with Crippen LogP contribution in [0.1, 0.15) is 22.2 Å². The van der Waals surface area contributed by atoms with Crippen LogP contribution in [0.25, 0.3) is 11.0 Å². The standard InChI is InChI=1S/C25H13BrCl2FNO4/c26-14-3-8-19-13(9-14)10-20(34-19)23(31)21-22(12-1-4-15(27)5-2-12)30(25(33)24(21)32)16-6-7-18(29)17(28)11-16/h1-11,22,32H. The average Bonchev–Trinajstić information content (AvgIpc) is 3.34. The number of fused-ring (bicyclic) bond motifs is 1. The topological polar surface area (TPSA) is 70.8 Å². The SMILES string of the molecule is O=C(C1=C(O)C(=O)N(c2ccc(F)c(Cl)c2)C1c1ccc(Cl)cc1)c1cc2cc(Br)ccc2o1. The number of anilines is 1. The number of hydrogen-bond acceptors (Lipinski definition) is 4. The predicted molar refractivity (Wildman–Crippen MR) is 131 cm³/mol. The Bertz CT molecular complexity index is 1510. The van der Waals surface area contributed by atoms with Crippen LogP contribution in [-0.4, -0.2) is 16.8 Å². The van der Waals surface area contributed by atoms with E-state index in [1.165, 1.54) is 17.0 Å². The largest absolute Gasteiger partial charge is 0.503 e. The lowest BCUT2D eigenvalue weighted by Crippen LogP contribution is -2.31. The average molecular weight is 561 g/mol. The van der Waals surface area contributed by atoms with E-state index >= 15 is 0 Å². The Balaban J connectivity index is 1.66. The molecule has 4 aromatic rings. The first-order valence-corrected chi connectivity index (χ1v) is 11.5. The molecule has 34 heavy (non-hydrogen) atoms. The molecule has 2 heterocycles. The number of aliphatic hydroxyl groups is 1. The molecule has 9 heteroatoms. The van der Waals surface area contributed by atoms with Gasteiger partial charge in [-0.15, -0.1) is 0 Å². The Morgan fingerprint density at radius 2 is 1.76 bits per heavy atom. The number of nitrogens with zero attached hydrogens (tertiary/aromatic N) is 1. The number of benzene rings is 3. The molecule has 0 spiro atoms. The number of ketones is 1. The Morgan fingerprint density at radius 1 is 1.03 bits per heavy atom. The van der Waals surface area contributed by atoms with Crippen molar-refractivity contribution in [2.24, 2.45) is 0 Å². The number of halogens is 4. The Labute approximate surface area is 211 Å². The normalized spacial score (nSPS) is 16.1. The van der Waals surface area contributed by atoms with E-state index in [0.717, 1.165) is 10.5 Å². The summed E-state index contributed by atoms with van der Waals surface area (Å²) in [6, 6.07) is 16.0. The first-order valence-electron chi connectivity index (χ1n) is 9.95. The van der Waals surface area contributed by atoms with Crippen molar-refractivity contribution in [3.8, 4) is 0 Å². The quantitative estimate of drug-likeness (QED) is 0.263. The van der Waals surface area contributed by atoms with Crippen LogP contribution in [0.3, 0.4) is 0 Å². The van der Waals surface area contributed by atoms with Crippen molar-refractivity contribution in [1.82, 2.24) is 0 Å². The van der Waals surface area contributed by atoms with Gasteiger partial charge in [0.05, 0.1) is 16.6 Å². The summed E-state index contributed by atoms with van der Waals surface area (Å²) in [5.74, 6) is -2.92. The molecule has 1 amide bonds. The summed E-state index contributed by atoms with van der Waals surface area (Å²) < 4.78 is 20.3. The maximum absolute atomic E-state index is 13.8. The number of carbonyl (C=O) groups is 2. The molecule has 0 bridgehead atoms. The molecule has 5 rings (SSSR count). The van der Waals surface area contributed by atoms with E-state index in [4.69, 9.17) is 27.6 Å². The second-order valence-electron chi connectivity index (χ2n) is 7.61. The van der Waals surface area contributed by atoms with Gasteiger partial charge in [-0.3, -0.25) is 14.5 Å². The molecule has 0 aliphatic carbocycles. The first kappa shape index (κ1) is 22.7. The van der Waals surface area contributed by atoms with Crippen molar-refractivity contribution >= 4 is 67.5 Å². The van der Waals surface area contributed by atoms with Gasteiger partial charge < -0.3 is 9.52 Å². The summed E-state index contributed by atoms with van der Waals surface area (Å²) in [5, 5.41) is 11.8. The maximum Gasteiger partial charge on any atom is 0.294 e. The number of hydrogen-bond donors (Lipinski definition) is 1. The molecule has 1 aliphatic heterocycles. The molecule has 1 unspecified atom stereocenters. The number of carbonyl (C=O) groups excluding carboxylic acids is 2. The zero-order chi connectivity index (χ0) is 24.1. The van der Waals surface area contributed by atoms with Gasteiger partial charge in [-0.2, -0.15) is 0 Å². The fourth-order valence-electron chi connectivity index (χ4n) is 3.96. The molecule has 1 atom stereocenters. The second kappa shape index (κ2) is 8.58. The Kier molecular flexibility index (Phi) is 5.72. The number of furan rings is 1. The minimum Gasteiger partial charge on any atom is -0.503 e. The summed E-state index contributed by atoms with van der Waals surface area (Å²) in [4.78, 5) is 28.0. The molecule has 170 valence electrons. The van der Waals surface area contributed by atoms with Crippen LogP contribution in [0.5, 0.6) is 0 Å². The number of Topliss-reactive ketones (excluding diaryl/α,β-unsaturated/α-hetero) is 1. The summed E-state index contributed by atoms with van der Waals surface area (Å²) in [5.41, 5.74) is 1.01. The van der Waals surface area contributed by atoms with Crippen molar-refractivity contribution in [3.63, 3.8) is 0 Å². The van der Waals surface area contributed by atoms with Gasteiger partial charge in [0.25, 0.3) is 5.91 Å². The van der Waals surface area contributed by atoms with Crippen molar-refractivity contribution < 1.29 is 23.5 Å². The summed E-state index contributed by atoms with van der Waals surface area (Å²) in [6.45, 7) is 0. The molecule has 1 N–H and O–H groups in total. The van der Waals surface area contributed by atoms with Gasteiger partial charge in [-0.1, -0.05) is 51.3 Å². The minimum atomic E-state index is -1.03. The van der Waals surface area contributed by atoms with Gasteiger partial charge in [0, 0.05) is 20.6 Å². The van der Waals surface area contributed by atoms with Crippen molar-refractivity contribution in [1.29, 1.82) is 0 Å². The van der Waals surface area contributed by atoms with Gasteiger partial charge in [0.1, 0.15) is 11.4 Å². The summed E-state index contributed by atoms with van der Waals surface area (Å²) in [7, 11) is 0. The van der Waals surface area contributed by atoms with Crippen molar-refractivity contribution in [2.45, 2.75) is 6.04 Å². The number of rotatable bonds is 4. The van der Waals surface area contributed by atoms with Gasteiger partial charge in [-0.05, 0) is 60.2 Å². The molecule has 0 saturated heterocycles. The van der Waals surface area contributed by atoms with Crippen molar-refractivity contribution in [2.75, 3.05) is 4.90 Å². The fourth-order valence-corrected chi connectivity index (χ4v) is 4.64. The molecule has 5 nitrogen and oxygen atoms in total. The Hall–Kier alpha value is -3.13. The highest BCUT2D eigenvalue weighted by molar-refractivity contribution is 9.10. The molecule has 1 aromatic heterocycles. The zero-order valence-corrected chi connectivity index (χ0v) is 20.2. The monoisotopic (exact) mass is 559 g/mol. The molecule has 0 saturated carbocycles. The molecule has 3 aromatic carbocycles. The third-order valence-electron chi connectivity index (χ3n) is 5.52. The number of amides is 1. The number of aliphatic hydroxyl groups excluding tert-OH is 1. The van der Waals surface area contributed by atoms with E-state index < -0.39 is 29.3 Å². The van der Waals surface area contributed by atoms with E-state index in [2.05, 4.69) is 15.9 Å². The third-order valence-corrected chi connectivity index (χ3v) is 6.56. The van der Waals surface area contributed by atoms with E-state index in [1.807, 2.05) is 0 Å². The molecule has 1 aliphatic rings. The first-order chi connectivity index (χ1) is 16.2. The van der Waals surface area contributed by atoms with E-state index in [1.54, 1.807) is 48.5 Å². The molecular weight excluding hydrogens is 548 g/mol. The summed E-state index contributed by atoms with van der Waals surface area (Å²) in [6.07, 6.45) is 0. The third kappa shape index (κ3) is 3.79. The van der Waals surface area contributed by atoms with Crippen LogP contribution in [0.2, 0.25) is 10.0 Å². The maximum atomic E-state index is 13.8. The Morgan fingerprint density at radius 3 is 2.47 bits per heavy atom. The van der Waals surface area contributed by atoms with Gasteiger partial charge in [0.15, 0.2) is 11.5 Å². The highest BCUT2D eigenvalue weighted by Crippen LogP contribution is 2.43. The highest BCUT2D eigenvalue weighted by Gasteiger charge is 2.45. The van der Waals surface area contributed by atoms with Gasteiger partial charge >= 0.3 is 0 Å². The van der Waals surface area contributed by atoms with Crippen LogP contribution in [0, 0.1) is 5.82 Å². The van der Waals surface area contributed by atoms with Gasteiger partial charge in [-0.25, -0.2) is 4.39 Å². The van der Waals surface area contributed by atoms with Crippen LogP contribution in [0.4, 0.5) is 10.1 Å². The molecular formula is C25H13BrCl2FNO4. The van der Waals surface area contributed by atoms with Crippen LogP contribution in [0.15, 0.2) is 87.0 Å². The van der Waals surface area contributed by atoms with Crippen LogP contribution < -0.4 is 4.90 Å². The van der Waals surface area contributed by atoms with Gasteiger partial charge in [0.2, 0.25) is 5.78 Å². The molecule has 0 radical (unpaired) electrons. The summed E-state index contributed by atoms with van der Waals surface area (Å²) >= 11 is 15.4. The van der Waals surface area contributed by atoms with Crippen LogP contribution in [-0.2, 0) is 4.79 Å². The predicted octanol–water partition coefficient (Wildman–Crippen LogP) is 7.42. The fraction of sp³-hybridized carbons (Fsp3) is 0.0400. The molecule has 0 fully saturated rings. The van der Waals surface area contributed by atoms with E-state index in [9.17, 15) is 19.1 Å². The highest BCUT2D eigenvalue weighted by atomic mass is 79.9. The van der Waals surface area contributed by atoms with Crippen molar-refractivity contribution in [3.05, 3.63) is 110 Å².